The Labute approximate surface area is 127 Å². The Kier molecular flexibility index (Phi) is 4.77. The lowest BCUT2D eigenvalue weighted by atomic mass is 10.1. The number of nitro benzene ring substituents is 1. The zero-order valence-corrected chi connectivity index (χ0v) is 12.5. The fourth-order valence-corrected chi connectivity index (χ4v) is 4.28. The van der Waals surface area contributed by atoms with Crippen LogP contribution in [0.2, 0.25) is 0 Å². The lowest BCUT2D eigenvalue weighted by Crippen LogP contribution is -2.41. The van der Waals surface area contributed by atoms with Crippen LogP contribution in [0.4, 0.5) is 5.69 Å². The van der Waals surface area contributed by atoms with E-state index >= 15 is 0 Å². The number of para-hydroxylation sites is 1. The lowest BCUT2D eigenvalue weighted by molar-refractivity contribution is -0.385. The van der Waals surface area contributed by atoms with Crippen LogP contribution in [-0.2, 0) is 21.2 Å². The van der Waals surface area contributed by atoms with Crippen molar-refractivity contribution in [2.24, 2.45) is 0 Å². The first-order chi connectivity index (χ1) is 10.3. The molecule has 0 unspecified atom stereocenters. The zero-order chi connectivity index (χ0) is 16.3. The summed E-state index contributed by atoms with van der Waals surface area (Å²) in [6.45, 7) is 0.177. The number of hydrogen-bond donors (Lipinski definition) is 1. The van der Waals surface area contributed by atoms with Crippen molar-refractivity contribution in [1.82, 2.24) is 4.31 Å². The highest BCUT2D eigenvalue weighted by molar-refractivity contribution is 7.89. The largest absolute Gasteiger partial charge is 0.480 e. The molecule has 9 heteroatoms. The molecule has 0 radical (unpaired) electrons. The van der Waals surface area contributed by atoms with E-state index in [1.165, 1.54) is 18.2 Å². The molecule has 1 N–H and O–H groups in total. The van der Waals surface area contributed by atoms with Gasteiger partial charge in [-0.15, -0.1) is 0 Å². The number of benzene rings is 1. The molecule has 0 amide bonds. The summed E-state index contributed by atoms with van der Waals surface area (Å²) in [7, 11) is -3.76. The highest BCUT2D eigenvalue weighted by Crippen LogP contribution is 2.24. The minimum atomic E-state index is -3.76. The standard InChI is InChI=1S/C13H16N2O6S/c16-13(17)12-6-3-8-14(12)22(20,21)9-7-10-4-1-2-5-11(10)15(18)19/h1-2,4-5,12H,3,6-9H2,(H,16,17)/t12-/m0/s1. The second-order valence-corrected chi connectivity index (χ2v) is 7.10. The van der Waals surface area contributed by atoms with Crippen LogP contribution in [0.1, 0.15) is 18.4 Å². The third-order valence-electron chi connectivity index (χ3n) is 3.66. The van der Waals surface area contributed by atoms with Crippen LogP contribution in [0, 0.1) is 10.1 Å². The van der Waals surface area contributed by atoms with Gasteiger partial charge in [0.15, 0.2) is 0 Å². The predicted octanol–water partition coefficient (Wildman–Crippen LogP) is 1.02. The maximum Gasteiger partial charge on any atom is 0.322 e. The SMILES string of the molecule is O=C(O)[C@@H]1CCCN1S(=O)(=O)CCc1ccccc1[N+](=O)[O-]. The van der Waals surface area contributed by atoms with Gasteiger partial charge in [0.05, 0.1) is 10.7 Å². The Morgan fingerprint density at radius 2 is 2.09 bits per heavy atom. The average molecular weight is 328 g/mol. The van der Waals surface area contributed by atoms with Crippen molar-refractivity contribution in [3.63, 3.8) is 0 Å². The second-order valence-electron chi connectivity index (χ2n) is 5.06. The number of aryl methyl sites for hydroxylation is 1. The molecule has 2 rings (SSSR count). The topological polar surface area (TPSA) is 118 Å². The number of hydrogen-bond acceptors (Lipinski definition) is 5. The summed E-state index contributed by atoms with van der Waals surface area (Å²) in [4.78, 5) is 21.4. The lowest BCUT2D eigenvalue weighted by Gasteiger charge is -2.20. The van der Waals surface area contributed by atoms with Gasteiger partial charge in [-0.3, -0.25) is 14.9 Å². The molecule has 1 heterocycles. The third-order valence-corrected chi connectivity index (χ3v) is 5.54. The number of carboxylic acid groups (broad SMARTS) is 1. The van der Waals surface area contributed by atoms with Crippen LogP contribution in [0.15, 0.2) is 24.3 Å². The average Bonchev–Trinajstić information content (AvgIpc) is 2.96. The van der Waals surface area contributed by atoms with E-state index in [2.05, 4.69) is 0 Å². The van der Waals surface area contributed by atoms with Gasteiger partial charge < -0.3 is 5.11 Å². The highest BCUT2D eigenvalue weighted by atomic mass is 32.2. The van der Waals surface area contributed by atoms with Crippen molar-refractivity contribution in [3.05, 3.63) is 39.9 Å². The molecule has 0 bridgehead atoms. The maximum absolute atomic E-state index is 12.3. The molecule has 0 aliphatic carbocycles. The monoisotopic (exact) mass is 328 g/mol. The van der Waals surface area contributed by atoms with Gasteiger partial charge in [0.2, 0.25) is 10.0 Å². The first-order valence-electron chi connectivity index (χ1n) is 6.77. The van der Waals surface area contributed by atoms with Gasteiger partial charge in [-0.1, -0.05) is 18.2 Å². The maximum atomic E-state index is 12.3. The summed E-state index contributed by atoms with van der Waals surface area (Å²) in [5, 5.41) is 20.0. The van der Waals surface area contributed by atoms with Crippen LogP contribution >= 0.6 is 0 Å². The van der Waals surface area contributed by atoms with Gasteiger partial charge in [-0.05, 0) is 19.3 Å². The summed E-state index contributed by atoms with van der Waals surface area (Å²) in [6.07, 6.45) is 0.768. The Morgan fingerprint density at radius 3 is 2.73 bits per heavy atom. The number of nitro groups is 1. The first-order valence-corrected chi connectivity index (χ1v) is 8.38. The van der Waals surface area contributed by atoms with Crippen LogP contribution in [0.3, 0.4) is 0 Å². The molecular formula is C13H16N2O6S. The number of aliphatic carboxylic acids is 1. The number of nitrogens with zero attached hydrogens (tertiary/aromatic N) is 2. The molecule has 1 aliphatic heterocycles. The molecule has 1 aromatic rings. The van der Waals surface area contributed by atoms with E-state index < -0.39 is 27.0 Å². The molecule has 0 saturated carbocycles. The summed E-state index contributed by atoms with van der Waals surface area (Å²) in [5.74, 6) is -1.51. The van der Waals surface area contributed by atoms with Crippen molar-refractivity contribution < 1.29 is 23.2 Å². The molecule has 1 fully saturated rings. The molecule has 8 nitrogen and oxygen atoms in total. The minimum Gasteiger partial charge on any atom is -0.480 e. The van der Waals surface area contributed by atoms with Gasteiger partial charge in [0, 0.05) is 18.2 Å². The number of rotatable bonds is 6. The quantitative estimate of drug-likeness (QED) is 0.615. The van der Waals surface area contributed by atoms with Crippen LogP contribution in [0.25, 0.3) is 0 Å². The van der Waals surface area contributed by atoms with Crippen molar-refractivity contribution in [2.75, 3.05) is 12.3 Å². The molecule has 1 aliphatic rings. The zero-order valence-electron chi connectivity index (χ0n) is 11.7. The van der Waals surface area contributed by atoms with E-state index in [0.29, 0.717) is 18.4 Å². The highest BCUT2D eigenvalue weighted by Gasteiger charge is 2.38. The molecule has 0 aromatic heterocycles. The Hall–Kier alpha value is -2.00. The van der Waals surface area contributed by atoms with E-state index in [0.717, 1.165) is 4.31 Å². The van der Waals surface area contributed by atoms with E-state index in [9.17, 15) is 23.3 Å². The Morgan fingerprint density at radius 1 is 1.41 bits per heavy atom. The summed E-state index contributed by atoms with van der Waals surface area (Å²) in [6, 6.07) is 4.90. The van der Waals surface area contributed by atoms with E-state index in [1.807, 2.05) is 0 Å². The molecule has 1 aromatic carbocycles. The van der Waals surface area contributed by atoms with Crippen molar-refractivity contribution in [2.45, 2.75) is 25.3 Å². The summed E-state index contributed by atoms with van der Waals surface area (Å²) < 4.78 is 25.6. The van der Waals surface area contributed by atoms with Crippen LogP contribution < -0.4 is 0 Å². The Balaban J connectivity index is 2.14. The fourth-order valence-electron chi connectivity index (χ4n) is 2.58. The second kappa shape index (κ2) is 6.41. The van der Waals surface area contributed by atoms with Gasteiger partial charge in [0.25, 0.3) is 5.69 Å². The van der Waals surface area contributed by atoms with Gasteiger partial charge in [0.1, 0.15) is 6.04 Å². The predicted molar refractivity (Wildman–Crippen MR) is 78.0 cm³/mol. The minimum absolute atomic E-state index is 0.0255. The summed E-state index contributed by atoms with van der Waals surface area (Å²) >= 11 is 0. The fraction of sp³-hybridized carbons (Fsp3) is 0.462. The van der Waals surface area contributed by atoms with Gasteiger partial charge in [-0.25, -0.2) is 8.42 Å². The van der Waals surface area contributed by atoms with Crippen LogP contribution in [-0.4, -0.2) is 47.1 Å². The van der Waals surface area contributed by atoms with Crippen molar-refractivity contribution in [3.8, 4) is 0 Å². The van der Waals surface area contributed by atoms with Gasteiger partial charge >= 0.3 is 5.97 Å². The van der Waals surface area contributed by atoms with Gasteiger partial charge in [-0.2, -0.15) is 4.31 Å². The van der Waals surface area contributed by atoms with E-state index in [-0.39, 0.29) is 24.4 Å². The number of carboxylic acids is 1. The van der Waals surface area contributed by atoms with Crippen LogP contribution in [0.5, 0.6) is 0 Å². The number of sulfonamides is 1. The smallest absolute Gasteiger partial charge is 0.322 e. The Bertz CT molecular complexity index is 688. The number of carbonyl (C=O) groups is 1. The molecule has 1 saturated heterocycles. The third kappa shape index (κ3) is 3.42. The van der Waals surface area contributed by atoms with Crippen molar-refractivity contribution >= 4 is 21.7 Å². The molecular weight excluding hydrogens is 312 g/mol. The molecule has 0 spiro atoms. The van der Waals surface area contributed by atoms with E-state index in [4.69, 9.17) is 5.11 Å². The normalized spacial score (nSPS) is 19.2. The van der Waals surface area contributed by atoms with Crippen molar-refractivity contribution in [1.29, 1.82) is 0 Å². The molecule has 1 atom stereocenters. The molecule has 22 heavy (non-hydrogen) atoms. The molecule has 120 valence electrons. The summed E-state index contributed by atoms with van der Waals surface area (Å²) in [5.41, 5.74) is 0.191. The first kappa shape index (κ1) is 16.4. The van der Waals surface area contributed by atoms with E-state index in [1.54, 1.807) is 6.07 Å².